The number of ether oxygens (including phenoxy) is 7. The average Bonchev–Trinajstić information content (AvgIpc) is 0.800. The van der Waals surface area contributed by atoms with Crippen molar-refractivity contribution in [2.45, 2.75) is 98.7 Å². The number of benzene rings is 10. The molecule has 2 unspecified atom stereocenters. The fourth-order valence-corrected chi connectivity index (χ4v) is 14.2. The van der Waals surface area contributed by atoms with Crippen LogP contribution in [0.5, 0.6) is 34.5 Å². The third-order valence-electron chi connectivity index (χ3n) is 20.9. The summed E-state index contributed by atoms with van der Waals surface area (Å²) < 4.78 is 45.5. The summed E-state index contributed by atoms with van der Waals surface area (Å²) >= 11 is 0. The lowest BCUT2D eigenvalue weighted by atomic mass is 9.97. The Morgan fingerprint density at radius 3 is 0.928 bits per heavy atom. The number of amides is 9. The molecule has 10 aromatic carbocycles. The summed E-state index contributed by atoms with van der Waals surface area (Å²) in [6.45, 7) is 9.59. The zero-order valence-electron chi connectivity index (χ0n) is 71.0. The molecule has 125 heavy (non-hydrogen) atoms. The molecule has 0 aliphatic carbocycles. The molecule has 0 saturated carbocycles. The van der Waals surface area contributed by atoms with E-state index in [1.165, 1.54) is 36.4 Å². The van der Waals surface area contributed by atoms with Crippen LogP contribution in [0.2, 0.25) is 0 Å². The van der Waals surface area contributed by atoms with Crippen molar-refractivity contribution >= 4 is 53.4 Å². The highest BCUT2D eigenvalue weighted by Gasteiger charge is 2.32. The molecule has 9 N–H and O–H groups in total. The summed E-state index contributed by atoms with van der Waals surface area (Å²) in [4.78, 5) is 137. The molecule has 27 nitrogen and oxygen atoms in total. The molecule has 650 valence electrons. The molecule has 9 aliphatic heterocycles. The standard InChI is InChI=1S/C98H107N11O16/c1-66-67(2)76-38-37-75(66)89(110)101-49-54-108-55-50-103-93(114)79-41-42-80(86(122-63-71-31-18-9-19-32-71)85(79)121-62-70-29-16-8-17-30-70)95(116)105-53-58-109(57-52-102-90(76)111)59-74(107-96(117)82-44-43-81(94(115)104-51-56-108)87(123-64-72-33-20-10-21-34-72)88(82)124-65-73-35-22-11-23-36-73)45-48-100-92(113)78-40-39-77(91(112)99-46-24-47-106-97(118)125-98(3,4)5)83(119-60-68-25-12-6-13-26-68)84(78)120-61-69-27-14-7-15-28-69/h6-23,25-44,74H,24,45-65H2,1-5H3,(H,99,112)(H,100,113)(H,101,110)(H,102,111)(H,103,114)(H,104,115)(H,105,116)(H,106,118)(H,107,117)/t74-/m0/s1. The molecular formula is C98H107N11O16. The third kappa shape index (κ3) is 26.2. The van der Waals surface area contributed by atoms with Crippen molar-refractivity contribution in [3.8, 4) is 34.5 Å². The number of hydrogen-bond donors (Lipinski definition) is 9. The Labute approximate surface area is 728 Å². The molecule has 9 aliphatic rings. The fourth-order valence-electron chi connectivity index (χ4n) is 14.2. The first-order valence-corrected chi connectivity index (χ1v) is 42.0. The van der Waals surface area contributed by atoms with E-state index >= 15 is 19.2 Å². The lowest BCUT2D eigenvalue weighted by molar-refractivity contribution is 0.0526. The van der Waals surface area contributed by atoms with E-state index in [1.807, 2.05) is 192 Å². The average molecular weight is 1690 g/mol. The van der Waals surface area contributed by atoms with Crippen LogP contribution in [0, 0.1) is 13.8 Å². The maximum absolute atomic E-state index is 16.0. The summed E-state index contributed by atoms with van der Waals surface area (Å²) in [7, 11) is 0. The predicted molar refractivity (Wildman–Crippen MR) is 474 cm³/mol. The van der Waals surface area contributed by atoms with E-state index in [1.54, 1.807) is 46.8 Å². The lowest BCUT2D eigenvalue weighted by Gasteiger charge is -2.29. The highest BCUT2D eigenvalue weighted by molar-refractivity contribution is 6.06. The maximum atomic E-state index is 16.0. The maximum Gasteiger partial charge on any atom is 0.407 e. The Bertz CT molecular complexity index is 5350. The number of hydrogen-bond acceptors (Lipinski definition) is 18. The number of alkyl carbamates (subject to hydrolysis) is 1. The Balaban J connectivity index is 0.950. The van der Waals surface area contributed by atoms with Crippen molar-refractivity contribution in [1.82, 2.24) is 57.7 Å². The van der Waals surface area contributed by atoms with Gasteiger partial charge in [-0.05, 0) is 140 Å². The quantitative estimate of drug-likeness (QED) is 0.0216. The molecular weight excluding hydrogens is 1590 g/mol. The Kier molecular flexibility index (Phi) is 32.6. The molecule has 0 fully saturated rings. The highest BCUT2D eigenvalue weighted by atomic mass is 16.6. The first-order valence-electron chi connectivity index (χ1n) is 42.0. The molecule has 0 aromatic heterocycles. The van der Waals surface area contributed by atoms with Gasteiger partial charge in [-0.2, -0.15) is 0 Å². The molecule has 9 amide bonds. The zero-order valence-corrected chi connectivity index (χ0v) is 71.0. The second-order valence-electron chi connectivity index (χ2n) is 31.2. The summed E-state index contributed by atoms with van der Waals surface area (Å²) in [6.07, 6.45) is -0.271. The van der Waals surface area contributed by atoms with E-state index in [0.717, 1.165) is 33.4 Å². The van der Waals surface area contributed by atoms with Crippen LogP contribution in [-0.2, 0) is 44.4 Å². The van der Waals surface area contributed by atoms with Crippen molar-refractivity contribution in [1.29, 1.82) is 0 Å². The van der Waals surface area contributed by atoms with E-state index in [9.17, 15) is 24.0 Å². The molecule has 27 heteroatoms. The summed E-state index contributed by atoms with van der Waals surface area (Å²) in [6, 6.07) is 67.0. The van der Waals surface area contributed by atoms with Crippen molar-refractivity contribution in [3.05, 3.63) is 320 Å². The van der Waals surface area contributed by atoms with E-state index in [4.69, 9.17) is 33.2 Å². The zero-order chi connectivity index (χ0) is 87.9. The highest BCUT2D eigenvalue weighted by Crippen LogP contribution is 2.41. The summed E-state index contributed by atoms with van der Waals surface area (Å²) in [5.41, 5.74) is 5.76. The van der Waals surface area contributed by atoms with E-state index < -0.39 is 59.1 Å². The van der Waals surface area contributed by atoms with Crippen LogP contribution in [0.15, 0.2) is 231 Å². The van der Waals surface area contributed by atoms with Gasteiger partial charge in [0.1, 0.15) is 45.2 Å². The van der Waals surface area contributed by atoms with Crippen molar-refractivity contribution in [2.75, 3.05) is 91.6 Å². The fraction of sp³-hybridized carbons (Fsp3) is 0.296. The normalized spacial score (nSPS) is 15.6. The van der Waals surface area contributed by atoms with Crippen LogP contribution >= 0.6 is 0 Å². The number of nitrogens with zero attached hydrogens (tertiary/aromatic N) is 2. The first-order chi connectivity index (χ1) is 60.7. The van der Waals surface area contributed by atoms with Crippen LogP contribution < -0.4 is 76.3 Å². The molecule has 0 spiro atoms. The van der Waals surface area contributed by atoms with Crippen LogP contribution in [-0.4, -0.2) is 166 Å². The molecule has 9 heterocycles. The van der Waals surface area contributed by atoms with Crippen LogP contribution in [0.3, 0.4) is 0 Å². The van der Waals surface area contributed by atoms with Gasteiger partial charge < -0.3 is 81.0 Å². The topological polar surface area (TPSA) is 333 Å². The Hall–Kier alpha value is -14.1. The minimum Gasteiger partial charge on any atom is -0.484 e. The number of carbonyl (C=O) groups is 9. The third-order valence-corrected chi connectivity index (χ3v) is 20.9. The molecule has 8 bridgehead atoms. The van der Waals surface area contributed by atoms with Crippen molar-refractivity contribution < 1.29 is 76.3 Å². The molecule has 0 saturated heterocycles. The summed E-state index contributed by atoms with van der Waals surface area (Å²) in [5, 5.41) is 27.4. The van der Waals surface area contributed by atoms with Gasteiger partial charge in [-0.3, -0.25) is 48.2 Å². The van der Waals surface area contributed by atoms with E-state index in [2.05, 4.69) is 47.9 Å². The van der Waals surface area contributed by atoms with Crippen LogP contribution in [0.1, 0.15) is 161 Å². The van der Waals surface area contributed by atoms with Gasteiger partial charge in [0.2, 0.25) is 0 Å². The second-order valence-corrected chi connectivity index (χ2v) is 31.2. The van der Waals surface area contributed by atoms with Crippen LogP contribution in [0.25, 0.3) is 0 Å². The van der Waals surface area contributed by atoms with Crippen LogP contribution in [0.4, 0.5) is 4.79 Å². The molecule has 0 radical (unpaired) electrons. The number of nitrogens with one attached hydrogen (secondary N) is 9. The Morgan fingerprint density at radius 2 is 0.608 bits per heavy atom. The Morgan fingerprint density at radius 1 is 0.336 bits per heavy atom. The predicted octanol–water partition coefficient (Wildman–Crippen LogP) is 12.0. The molecule has 19 rings (SSSR count). The van der Waals surface area contributed by atoms with Gasteiger partial charge in [0.05, 0.1) is 33.4 Å². The van der Waals surface area contributed by atoms with Gasteiger partial charge in [-0.25, -0.2) is 4.79 Å². The van der Waals surface area contributed by atoms with Crippen molar-refractivity contribution in [2.24, 2.45) is 0 Å². The molecule has 10 aromatic rings. The van der Waals surface area contributed by atoms with Gasteiger partial charge in [0.15, 0.2) is 34.5 Å². The van der Waals surface area contributed by atoms with E-state index in [0.29, 0.717) is 28.7 Å². The number of carbonyl (C=O) groups excluding carboxylic acids is 9. The van der Waals surface area contributed by atoms with Gasteiger partial charge >= 0.3 is 6.09 Å². The monoisotopic (exact) mass is 1690 g/mol. The largest absolute Gasteiger partial charge is 0.484 e. The van der Waals surface area contributed by atoms with Gasteiger partial charge in [0, 0.05) is 109 Å². The van der Waals surface area contributed by atoms with Crippen molar-refractivity contribution in [3.63, 3.8) is 0 Å². The lowest BCUT2D eigenvalue weighted by Crippen LogP contribution is -2.49. The smallest absolute Gasteiger partial charge is 0.407 e. The molecule has 3 atom stereocenters. The second kappa shape index (κ2) is 45.2. The minimum atomic E-state index is -0.943. The van der Waals surface area contributed by atoms with Gasteiger partial charge in [-0.1, -0.05) is 182 Å². The van der Waals surface area contributed by atoms with Gasteiger partial charge in [0.25, 0.3) is 47.3 Å². The number of rotatable bonds is 27. The van der Waals surface area contributed by atoms with Gasteiger partial charge in [-0.15, -0.1) is 0 Å². The SMILES string of the molecule is Cc1c2ccc(c1C)C(=O)NCCN1CCNC(=O)c3ccc(c(OCc4ccccc4)c3OCc3ccccc3)C(=O)NCCN(CCNC2=O)CCNC(=O)c2ccc(c(OCc3ccccc3)c2OCc2ccccc2)C(=O)N[C@@H](CCNC(=O)c2ccc(C(=O)NCCCNC(=O)OC(C)(C)C)c(OCc3ccccc3)c2OCc2ccccc2)C1. The first kappa shape index (κ1) is 90.2. The summed E-state index contributed by atoms with van der Waals surface area (Å²) in [5.74, 6) is -4.57. The minimum absolute atomic E-state index is 0.00165. The van der Waals surface area contributed by atoms with E-state index in [-0.39, 0.29) is 211 Å².